The highest BCUT2D eigenvalue weighted by Gasteiger charge is 2.27. The van der Waals surface area contributed by atoms with Crippen molar-refractivity contribution >= 4 is 11.0 Å². The lowest BCUT2D eigenvalue weighted by Gasteiger charge is -2.12. The summed E-state index contributed by atoms with van der Waals surface area (Å²) in [6.07, 6.45) is 8.19. The van der Waals surface area contributed by atoms with Crippen molar-refractivity contribution in [1.82, 2.24) is 14.5 Å². The van der Waals surface area contributed by atoms with Gasteiger partial charge in [-0.25, -0.2) is 4.98 Å². The number of pyridine rings is 1. The Hall–Kier alpha value is -1.42. The maximum absolute atomic E-state index is 6.03. The molecule has 1 aliphatic rings. The number of hydrogen-bond donors (Lipinski definition) is 1. The number of aromatic nitrogens is 3. The first-order chi connectivity index (χ1) is 8.79. The summed E-state index contributed by atoms with van der Waals surface area (Å²) in [5.74, 6) is 1.74. The van der Waals surface area contributed by atoms with Gasteiger partial charge < -0.3 is 10.3 Å². The normalized spacial score (nSPS) is 23.9. The molecule has 0 bridgehead atoms. The molecule has 0 radical (unpaired) electrons. The molecule has 0 aliphatic heterocycles. The molecular formula is C14H20N4. The fraction of sp³-hybridized carbons (Fsp3) is 0.571. The van der Waals surface area contributed by atoms with E-state index in [2.05, 4.69) is 22.5 Å². The maximum Gasteiger partial charge on any atom is 0.113 e. The van der Waals surface area contributed by atoms with Crippen LogP contribution in [0.4, 0.5) is 0 Å². The van der Waals surface area contributed by atoms with Crippen molar-refractivity contribution in [1.29, 1.82) is 0 Å². The van der Waals surface area contributed by atoms with E-state index in [-0.39, 0.29) is 0 Å². The molecule has 3 rings (SSSR count). The lowest BCUT2D eigenvalue weighted by molar-refractivity contribution is 0.577. The van der Waals surface area contributed by atoms with Crippen LogP contribution in [0.3, 0.4) is 0 Å². The van der Waals surface area contributed by atoms with Crippen molar-refractivity contribution in [2.24, 2.45) is 5.73 Å². The van der Waals surface area contributed by atoms with Crippen molar-refractivity contribution in [3.05, 3.63) is 24.3 Å². The molecular weight excluding hydrogens is 224 g/mol. The Bertz CT molecular complexity index is 546. The molecule has 1 aliphatic carbocycles. The molecule has 2 aromatic heterocycles. The highest BCUT2D eigenvalue weighted by Crippen LogP contribution is 2.34. The van der Waals surface area contributed by atoms with E-state index >= 15 is 0 Å². The number of imidazole rings is 1. The summed E-state index contributed by atoms with van der Waals surface area (Å²) in [4.78, 5) is 8.96. The Balaban J connectivity index is 2.06. The minimum Gasteiger partial charge on any atom is -0.328 e. The van der Waals surface area contributed by atoms with Crippen LogP contribution >= 0.6 is 0 Å². The van der Waals surface area contributed by atoms with Crippen molar-refractivity contribution in [3.8, 4) is 0 Å². The van der Waals surface area contributed by atoms with Gasteiger partial charge in [0, 0.05) is 24.7 Å². The number of hydrogen-bond acceptors (Lipinski definition) is 3. The molecule has 0 spiro atoms. The predicted molar refractivity (Wildman–Crippen MR) is 72.4 cm³/mol. The van der Waals surface area contributed by atoms with E-state index in [1.807, 2.05) is 12.4 Å². The van der Waals surface area contributed by atoms with Crippen LogP contribution in [0.25, 0.3) is 11.0 Å². The van der Waals surface area contributed by atoms with Gasteiger partial charge in [0.25, 0.3) is 0 Å². The number of rotatable bonds is 3. The maximum atomic E-state index is 6.03. The van der Waals surface area contributed by atoms with Gasteiger partial charge in [-0.2, -0.15) is 0 Å². The zero-order valence-corrected chi connectivity index (χ0v) is 10.8. The highest BCUT2D eigenvalue weighted by molar-refractivity contribution is 5.74. The van der Waals surface area contributed by atoms with Crippen molar-refractivity contribution in [2.75, 3.05) is 0 Å². The zero-order chi connectivity index (χ0) is 12.5. The van der Waals surface area contributed by atoms with Crippen molar-refractivity contribution < 1.29 is 0 Å². The van der Waals surface area contributed by atoms with E-state index in [1.165, 1.54) is 17.8 Å². The zero-order valence-electron chi connectivity index (χ0n) is 10.8. The van der Waals surface area contributed by atoms with Gasteiger partial charge in [0.2, 0.25) is 0 Å². The molecule has 18 heavy (non-hydrogen) atoms. The van der Waals surface area contributed by atoms with E-state index < -0.39 is 0 Å². The average molecular weight is 244 g/mol. The van der Waals surface area contributed by atoms with Crippen LogP contribution in [0.1, 0.15) is 44.3 Å². The van der Waals surface area contributed by atoms with Crippen LogP contribution in [-0.2, 0) is 6.54 Å². The van der Waals surface area contributed by atoms with E-state index in [4.69, 9.17) is 10.7 Å². The molecule has 2 heterocycles. The van der Waals surface area contributed by atoms with Gasteiger partial charge in [-0.15, -0.1) is 0 Å². The molecule has 4 nitrogen and oxygen atoms in total. The van der Waals surface area contributed by atoms with E-state index in [0.29, 0.717) is 12.0 Å². The first-order valence-corrected chi connectivity index (χ1v) is 6.85. The summed E-state index contributed by atoms with van der Waals surface area (Å²) >= 11 is 0. The number of nitrogens with two attached hydrogens (primary N) is 1. The Morgan fingerprint density at radius 1 is 1.44 bits per heavy atom. The SMILES string of the molecule is CCCn1c([C@@H]2CC[C@H](N)C2)nc2cnccc21. The third kappa shape index (κ3) is 1.90. The molecule has 1 saturated carbocycles. The first-order valence-electron chi connectivity index (χ1n) is 6.85. The molecule has 4 heteroatoms. The molecule has 2 aromatic rings. The summed E-state index contributed by atoms with van der Waals surface area (Å²) in [5, 5.41) is 0. The molecule has 0 amide bonds. The fourth-order valence-corrected chi connectivity index (χ4v) is 3.02. The lowest BCUT2D eigenvalue weighted by atomic mass is 10.1. The number of nitrogens with zero attached hydrogens (tertiary/aromatic N) is 3. The van der Waals surface area contributed by atoms with Gasteiger partial charge in [-0.05, 0) is 31.7 Å². The third-order valence-electron chi connectivity index (χ3n) is 3.87. The Morgan fingerprint density at radius 3 is 3.06 bits per heavy atom. The average Bonchev–Trinajstić information content (AvgIpc) is 2.95. The molecule has 2 N–H and O–H groups in total. The Morgan fingerprint density at radius 2 is 2.33 bits per heavy atom. The summed E-state index contributed by atoms with van der Waals surface area (Å²) in [6.45, 7) is 3.23. The molecule has 2 atom stereocenters. The summed E-state index contributed by atoms with van der Waals surface area (Å²) in [5.41, 5.74) is 8.26. The summed E-state index contributed by atoms with van der Waals surface area (Å²) < 4.78 is 2.36. The number of aryl methyl sites for hydroxylation is 1. The minimum absolute atomic E-state index is 0.350. The summed E-state index contributed by atoms with van der Waals surface area (Å²) in [6, 6.07) is 2.42. The van der Waals surface area contributed by atoms with Gasteiger partial charge in [0.15, 0.2) is 0 Å². The van der Waals surface area contributed by atoms with Crippen molar-refractivity contribution in [3.63, 3.8) is 0 Å². The van der Waals surface area contributed by atoms with Gasteiger partial charge >= 0.3 is 0 Å². The Labute approximate surface area is 107 Å². The number of fused-ring (bicyclic) bond motifs is 1. The largest absolute Gasteiger partial charge is 0.328 e. The lowest BCUT2D eigenvalue weighted by Crippen LogP contribution is -2.15. The third-order valence-corrected chi connectivity index (χ3v) is 3.87. The highest BCUT2D eigenvalue weighted by atomic mass is 15.1. The minimum atomic E-state index is 0.350. The second kappa shape index (κ2) is 4.69. The molecule has 96 valence electrons. The van der Waals surface area contributed by atoms with Crippen LogP contribution in [0.2, 0.25) is 0 Å². The molecule has 0 saturated heterocycles. The smallest absolute Gasteiger partial charge is 0.113 e. The van der Waals surface area contributed by atoms with Gasteiger partial charge in [-0.3, -0.25) is 4.98 Å². The van der Waals surface area contributed by atoms with Gasteiger partial charge in [0.1, 0.15) is 11.3 Å². The van der Waals surface area contributed by atoms with E-state index in [0.717, 1.165) is 31.3 Å². The molecule has 0 unspecified atom stereocenters. The van der Waals surface area contributed by atoms with Crippen LogP contribution in [0, 0.1) is 0 Å². The van der Waals surface area contributed by atoms with Gasteiger partial charge in [-0.1, -0.05) is 6.92 Å². The topological polar surface area (TPSA) is 56.7 Å². The van der Waals surface area contributed by atoms with E-state index in [9.17, 15) is 0 Å². The Kier molecular flexibility index (Phi) is 3.04. The second-order valence-electron chi connectivity index (χ2n) is 5.26. The monoisotopic (exact) mass is 244 g/mol. The molecule has 0 aromatic carbocycles. The van der Waals surface area contributed by atoms with E-state index in [1.54, 1.807) is 0 Å². The standard InChI is InChI=1S/C14H20N4/c1-2-7-18-13-5-6-16-9-12(13)17-14(18)10-3-4-11(15)8-10/h5-6,9-11H,2-4,7-8,15H2,1H3/t10-,11+/m1/s1. The van der Waals surface area contributed by atoms with Gasteiger partial charge in [0.05, 0.1) is 11.7 Å². The van der Waals surface area contributed by atoms with Crippen LogP contribution in [0.5, 0.6) is 0 Å². The van der Waals surface area contributed by atoms with Crippen LogP contribution in [0.15, 0.2) is 18.5 Å². The predicted octanol–water partition coefficient (Wildman–Crippen LogP) is 2.44. The van der Waals surface area contributed by atoms with Crippen molar-refractivity contribution in [2.45, 2.75) is 51.1 Å². The molecule has 1 fully saturated rings. The van der Waals surface area contributed by atoms with Crippen LogP contribution in [-0.4, -0.2) is 20.6 Å². The first kappa shape index (κ1) is 11.7. The second-order valence-corrected chi connectivity index (χ2v) is 5.26. The fourth-order valence-electron chi connectivity index (χ4n) is 3.02. The quantitative estimate of drug-likeness (QED) is 0.902. The summed E-state index contributed by atoms with van der Waals surface area (Å²) in [7, 11) is 0. The van der Waals surface area contributed by atoms with Crippen LogP contribution < -0.4 is 5.73 Å².